The van der Waals surface area contributed by atoms with Crippen LogP contribution in [0, 0.1) is 11.8 Å². The zero-order valence-electron chi connectivity index (χ0n) is 14.4. The molecular formula is C18H19F3N2O2S. The smallest absolute Gasteiger partial charge is 0.339 e. The minimum absolute atomic E-state index is 0.111. The number of hydrogen-bond donors (Lipinski definition) is 1. The van der Waals surface area contributed by atoms with Gasteiger partial charge in [-0.2, -0.15) is 13.2 Å². The summed E-state index contributed by atoms with van der Waals surface area (Å²) in [5.41, 5.74) is -0.711. The molecule has 1 aromatic rings. The lowest BCUT2D eigenvalue weighted by Gasteiger charge is -2.34. The molecule has 140 valence electrons. The highest BCUT2D eigenvalue weighted by Crippen LogP contribution is 2.41. The lowest BCUT2D eigenvalue weighted by molar-refractivity contribution is -0.137. The number of alkyl halides is 3. The lowest BCUT2D eigenvalue weighted by Crippen LogP contribution is -2.42. The predicted octanol–water partition coefficient (Wildman–Crippen LogP) is 4.14. The molecule has 0 bridgehead atoms. The largest absolute Gasteiger partial charge is 0.416 e. The summed E-state index contributed by atoms with van der Waals surface area (Å²) in [4.78, 5) is 27.1. The Labute approximate surface area is 153 Å². The first-order valence-electron chi connectivity index (χ1n) is 8.34. The van der Waals surface area contributed by atoms with Crippen LogP contribution in [0.4, 0.5) is 18.9 Å². The van der Waals surface area contributed by atoms with Crippen LogP contribution in [0.15, 0.2) is 34.1 Å². The minimum Gasteiger partial charge on any atom is -0.339 e. The van der Waals surface area contributed by atoms with E-state index in [2.05, 4.69) is 19.2 Å². The van der Waals surface area contributed by atoms with E-state index in [-0.39, 0.29) is 16.5 Å². The topological polar surface area (TPSA) is 49.4 Å². The van der Waals surface area contributed by atoms with E-state index in [1.165, 1.54) is 12.1 Å². The molecule has 4 nitrogen and oxygen atoms in total. The van der Waals surface area contributed by atoms with Crippen molar-refractivity contribution < 1.29 is 22.8 Å². The number of piperidine rings is 1. The molecule has 1 saturated heterocycles. The number of likely N-dealkylation sites (tertiary alicyclic amines) is 1. The van der Waals surface area contributed by atoms with E-state index in [0.717, 1.165) is 30.3 Å². The van der Waals surface area contributed by atoms with Gasteiger partial charge in [0, 0.05) is 24.1 Å². The summed E-state index contributed by atoms with van der Waals surface area (Å²) in [5, 5.41) is 2.45. The molecular weight excluding hydrogens is 365 g/mol. The van der Waals surface area contributed by atoms with Crippen LogP contribution in [0.5, 0.6) is 0 Å². The second-order valence-electron chi connectivity index (χ2n) is 6.96. The Balaban J connectivity index is 1.79. The normalized spacial score (nSPS) is 25.0. The van der Waals surface area contributed by atoms with Crippen molar-refractivity contribution in [2.45, 2.75) is 31.3 Å². The zero-order valence-corrected chi connectivity index (χ0v) is 15.2. The van der Waals surface area contributed by atoms with Crippen LogP contribution in [0.3, 0.4) is 0 Å². The van der Waals surface area contributed by atoms with Gasteiger partial charge >= 0.3 is 6.18 Å². The van der Waals surface area contributed by atoms with Crippen molar-refractivity contribution in [1.82, 2.24) is 4.90 Å². The summed E-state index contributed by atoms with van der Waals surface area (Å²) < 4.78 is 38.4. The SMILES string of the molecule is CC1CC(C)CN(C(=O)/C=C2/Sc3ccc(C(F)(F)F)cc3NC2=O)C1. The number of nitrogens with one attached hydrogen (secondary N) is 1. The average Bonchev–Trinajstić information content (AvgIpc) is 2.53. The van der Waals surface area contributed by atoms with E-state index in [1.54, 1.807) is 4.90 Å². The third-order valence-electron chi connectivity index (χ3n) is 4.43. The number of anilines is 1. The number of amides is 2. The first-order valence-corrected chi connectivity index (χ1v) is 9.16. The number of hydrogen-bond acceptors (Lipinski definition) is 3. The quantitative estimate of drug-likeness (QED) is 0.741. The Morgan fingerprint density at radius 1 is 1.27 bits per heavy atom. The third kappa shape index (κ3) is 4.06. The second kappa shape index (κ2) is 6.98. The highest BCUT2D eigenvalue weighted by atomic mass is 32.2. The molecule has 0 saturated carbocycles. The van der Waals surface area contributed by atoms with Gasteiger partial charge in [-0.1, -0.05) is 25.6 Å². The molecule has 0 aliphatic carbocycles. The summed E-state index contributed by atoms with van der Waals surface area (Å²) in [5.74, 6) is -0.00408. The Bertz CT molecular complexity index is 766. The second-order valence-corrected chi connectivity index (χ2v) is 8.05. The van der Waals surface area contributed by atoms with Gasteiger partial charge in [-0.05, 0) is 36.5 Å². The van der Waals surface area contributed by atoms with E-state index in [1.807, 2.05) is 0 Å². The number of carbonyl (C=O) groups excluding carboxylic acids is 2. The van der Waals surface area contributed by atoms with E-state index in [0.29, 0.717) is 29.8 Å². The van der Waals surface area contributed by atoms with Gasteiger partial charge in [-0.15, -0.1) is 0 Å². The Kier molecular flexibility index (Phi) is 5.05. The maximum absolute atomic E-state index is 12.8. The summed E-state index contributed by atoms with van der Waals surface area (Å²) in [6.07, 6.45) is -2.13. The van der Waals surface area contributed by atoms with Crippen molar-refractivity contribution in [2.24, 2.45) is 11.8 Å². The number of carbonyl (C=O) groups is 2. The number of halogens is 3. The molecule has 1 N–H and O–H groups in total. The predicted molar refractivity (Wildman–Crippen MR) is 93.5 cm³/mol. The van der Waals surface area contributed by atoms with Crippen LogP contribution in [0.2, 0.25) is 0 Å². The molecule has 2 atom stereocenters. The first-order chi connectivity index (χ1) is 12.1. The Hall–Kier alpha value is -1.96. The van der Waals surface area contributed by atoms with Crippen molar-refractivity contribution in [3.8, 4) is 0 Å². The number of thioether (sulfide) groups is 1. The molecule has 3 rings (SSSR count). The van der Waals surface area contributed by atoms with Gasteiger partial charge in [-0.25, -0.2) is 0 Å². The molecule has 2 aliphatic heterocycles. The van der Waals surface area contributed by atoms with Gasteiger partial charge in [0.25, 0.3) is 5.91 Å². The number of fused-ring (bicyclic) bond motifs is 1. The highest BCUT2D eigenvalue weighted by molar-refractivity contribution is 8.04. The van der Waals surface area contributed by atoms with Crippen molar-refractivity contribution in [2.75, 3.05) is 18.4 Å². The fourth-order valence-corrected chi connectivity index (χ4v) is 4.28. The van der Waals surface area contributed by atoms with Crippen molar-refractivity contribution in [3.63, 3.8) is 0 Å². The fraction of sp³-hybridized carbons (Fsp3) is 0.444. The monoisotopic (exact) mass is 384 g/mol. The zero-order chi connectivity index (χ0) is 19.1. The van der Waals surface area contributed by atoms with Gasteiger partial charge in [0.15, 0.2) is 0 Å². The van der Waals surface area contributed by atoms with Gasteiger partial charge in [0.1, 0.15) is 0 Å². The number of rotatable bonds is 1. The van der Waals surface area contributed by atoms with Gasteiger partial charge in [0.05, 0.1) is 16.2 Å². The Morgan fingerprint density at radius 2 is 1.92 bits per heavy atom. The van der Waals surface area contributed by atoms with Crippen LogP contribution in [0.25, 0.3) is 0 Å². The summed E-state index contributed by atoms with van der Waals surface area (Å²) in [7, 11) is 0. The maximum atomic E-state index is 12.8. The Morgan fingerprint density at radius 3 is 2.54 bits per heavy atom. The fourth-order valence-electron chi connectivity index (χ4n) is 3.38. The molecule has 2 heterocycles. The van der Waals surface area contributed by atoms with Gasteiger partial charge in [0.2, 0.25) is 5.91 Å². The van der Waals surface area contributed by atoms with Gasteiger partial charge < -0.3 is 10.2 Å². The molecule has 26 heavy (non-hydrogen) atoms. The average molecular weight is 384 g/mol. The minimum atomic E-state index is -4.47. The van der Waals surface area contributed by atoms with E-state index >= 15 is 0 Å². The molecule has 2 unspecified atom stereocenters. The number of nitrogens with zero attached hydrogens (tertiary/aromatic N) is 1. The molecule has 1 aromatic carbocycles. The number of benzene rings is 1. The third-order valence-corrected chi connectivity index (χ3v) is 5.53. The van der Waals surface area contributed by atoms with Crippen LogP contribution in [0.1, 0.15) is 25.8 Å². The molecule has 8 heteroatoms. The molecule has 0 aromatic heterocycles. The highest BCUT2D eigenvalue weighted by Gasteiger charge is 2.33. The summed E-state index contributed by atoms with van der Waals surface area (Å²) in [6.45, 7) is 5.45. The van der Waals surface area contributed by atoms with Crippen molar-refractivity contribution in [1.29, 1.82) is 0 Å². The van der Waals surface area contributed by atoms with Crippen LogP contribution in [-0.2, 0) is 15.8 Å². The standard InChI is InChI=1S/C18H19F3N2O2S/c1-10-5-11(2)9-23(8-10)16(24)7-15-17(25)22-13-6-12(18(19,20)21)3-4-14(13)26-15/h3-4,6-7,10-11H,5,8-9H2,1-2H3,(H,22,25)/b15-7+. The van der Waals surface area contributed by atoms with Gasteiger partial charge in [-0.3, -0.25) is 9.59 Å². The lowest BCUT2D eigenvalue weighted by atomic mass is 9.92. The molecule has 2 amide bonds. The summed E-state index contributed by atoms with van der Waals surface area (Å²) >= 11 is 1.01. The maximum Gasteiger partial charge on any atom is 0.416 e. The van der Waals surface area contributed by atoms with Crippen LogP contribution < -0.4 is 5.32 Å². The van der Waals surface area contributed by atoms with E-state index in [4.69, 9.17) is 0 Å². The van der Waals surface area contributed by atoms with Crippen LogP contribution in [-0.4, -0.2) is 29.8 Å². The van der Waals surface area contributed by atoms with Crippen LogP contribution >= 0.6 is 11.8 Å². The van der Waals surface area contributed by atoms with Crippen molar-refractivity contribution >= 4 is 29.3 Å². The first kappa shape index (κ1) is 18.8. The molecule has 0 radical (unpaired) electrons. The summed E-state index contributed by atoms with van der Waals surface area (Å²) in [6, 6.07) is 3.19. The molecule has 1 fully saturated rings. The molecule has 0 spiro atoms. The molecule has 2 aliphatic rings. The van der Waals surface area contributed by atoms with E-state index in [9.17, 15) is 22.8 Å². The van der Waals surface area contributed by atoms with Crippen molar-refractivity contribution in [3.05, 3.63) is 34.7 Å². The van der Waals surface area contributed by atoms with E-state index < -0.39 is 17.6 Å².